The molecule has 1 aliphatic rings. The summed E-state index contributed by atoms with van der Waals surface area (Å²) in [4.78, 5) is 12.0. The quantitative estimate of drug-likeness (QED) is 0.0819. The van der Waals surface area contributed by atoms with Crippen LogP contribution in [0.5, 0.6) is 11.5 Å². The number of carbonyl (C=O) groups is 1. The van der Waals surface area contributed by atoms with Crippen LogP contribution in [0.2, 0.25) is 0 Å². The topological polar surface area (TPSA) is 65.0 Å². The molecule has 1 aliphatic carbocycles. The van der Waals surface area contributed by atoms with Gasteiger partial charge in [-0.25, -0.2) is 4.79 Å². The van der Waals surface area contributed by atoms with Crippen LogP contribution < -0.4 is 9.47 Å². The molecule has 0 amide bonds. The van der Waals surface area contributed by atoms with E-state index >= 15 is 0 Å². The van der Waals surface area contributed by atoms with Gasteiger partial charge in [0.1, 0.15) is 18.1 Å². The molecule has 214 valence electrons. The molecule has 4 aromatic rings. The molecule has 0 radical (unpaired) electrons. The Hall–Kier alpha value is -4.57. The lowest BCUT2D eigenvalue weighted by Crippen LogP contribution is -2.02. The Balaban J connectivity index is 1.40. The third-order valence-corrected chi connectivity index (χ3v) is 7.55. The molecule has 0 aromatic heterocycles. The van der Waals surface area contributed by atoms with Crippen molar-refractivity contribution >= 4 is 11.5 Å². The summed E-state index contributed by atoms with van der Waals surface area (Å²) in [5.41, 5.74) is 15.2. The second-order valence-corrected chi connectivity index (χ2v) is 10.4. The molecule has 0 saturated carbocycles. The average molecular weight is 561 g/mol. The number of aryl methyl sites for hydroxylation is 2. The van der Waals surface area contributed by atoms with Crippen LogP contribution in [0.4, 0.5) is 0 Å². The predicted molar refractivity (Wildman–Crippen MR) is 167 cm³/mol. The maximum Gasteiger partial charge on any atom is 0.338 e. The van der Waals surface area contributed by atoms with Crippen molar-refractivity contribution in [3.8, 4) is 33.8 Å². The number of rotatable bonds is 10. The first kappa shape index (κ1) is 28.9. The first-order chi connectivity index (χ1) is 20.4. The Labute approximate surface area is 247 Å². The average Bonchev–Trinajstić information content (AvgIpc) is 3.29. The van der Waals surface area contributed by atoms with Crippen LogP contribution in [0.1, 0.15) is 46.7 Å². The van der Waals surface area contributed by atoms with Gasteiger partial charge in [-0.15, -0.1) is 5.73 Å². The predicted octanol–water partition coefficient (Wildman–Crippen LogP) is 7.75. The van der Waals surface area contributed by atoms with Gasteiger partial charge in [-0.1, -0.05) is 42.5 Å². The highest BCUT2D eigenvalue weighted by atomic mass is 16.5. The third-order valence-electron chi connectivity index (χ3n) is 7.55. The third kappa shape index (κ3) is 6.03. The molecule has 5 nitrogen and oxygen atoms in total. The molecule has 0 fully saturated rings. The lowest BCUT2D eigenvalue weighted by atomic mass is 9.90. The number of ether oxygens (including phenoxy) is 3. The number of benzene rings is 4. The number of esters is 1. The summed E-state index contributed by atoms with van der Waals surface area (Å²) < 4.78 is 17.2. The second kappa shape index (κ2) is 12.9. The zero-order chi connectivity index (χ0) is 29.6. The smallest absolute Gasteiger partial charge is 0.338 e. The number of fused-ring (bicyclic) bond motifs is 3. The fraction of sp³-hybridized carbons (Fsp3) is 0.243. The summed E-state index contributed by atoms with van der Waals surface area (Å²) in [5.74, 6) is 1.20. The molecule has 0 spiro atoms. The van der Waals surface area contributed by atoms with Crippen molar-refractivity contribution < 1.29 is 24.1 Å². The number of aliphatic hydroxyl groups excluding tert-OH is 1. The summed E-state index contributed by atoms with van der Waals surface area (Å²) in [6.45, 7) is 9.53. The lowest BCUT2D eigenvalue weighted by molar-refractivity contribution is -0.137. The van der Waals surface area contributed by atoms with Gasteiger partial charge in [-0.2, -0.15) is 0 Å². The maximum absolute atomic E-state index is 12.0. The molecule has 4 aromatic carbocycles. The van der Waals surface area contributed by atoms with E-state index in [1.807, 2.05) is 30.3 Å². The van der Waals surface area contributed by atoms with E-state index in [0.717, 1.165) is 56.0 Å². The molecule has 0 bridgehead atoms. The van der Waals surface area contributed by atoms with Crippen LogP contribution in [0, 0.1) is 20.8 Å². The zero-order valence-electron chi connectivity index (χ0n) is 24.6. The fourth-order valence-electron chi connectivity index (χ4n) is 5.56. The van der Waals surface area contributed by atoms with E-state index < -0.39 is 5.97 Å². The van der Waals surface area contributed by atoms with Crippen molar-refractivity contribution in [3.63, 3.8) is 0 Å². The van der Waals surface area contributed by atoms with Gasteiger partial charge in [0.25, 0.3) is 0 Å². The molecule has 0 atom stereocenters. The van der Waals surface area contributed by atoms with E-state index in [1.54, 1.807) is 6.92 Å². The van der Waals surface area contributed by atoms with Crippen LogP contribution in [0.25, 0.3) is 27.8 Å². The van der Waals surface area contributed by atoms with Gasteiger partial charge in [0, 0.05) is 18.6 Å². The van der Waals surface area contributed by atoms with Crippen LogP contribution in [0.15, 0.2) is 84.6 Å². The normalized spacial score (nSPS) is 11.4. The summed E-state index contributed by atoms with van der Waals surface area (Å²) in [6, 6.07) is 24.7. The Bertz CT molecular complexity index is 1670. The van der Waals surface area contributed by atoms with Crippen molar-refractivity contribution in [1.29, 1.82) is 0 Å². The molecular weight excluding hydrogens is 524 g/mol. The highest BCUT2D eigenvalue weighted by Crippen LogP contribution is 2.45. The van der Waals surface area contributed by atoms with E-state index in [4.69, 9.17) is 19.3 Å². The SMILES string of the molecule is CCOC(=O)C=C=C1c2ccccc2-c2cc(OCc3cccc(-c4c(C)cc(OCCCO)cc4C)c3C)ccc21. The maximum atomic E-state index is 12.0. The summed E-state index contributed by atoms with van der Waals surface area (Å²) >= 11 is 0. The molecule has 5 rings (SSSR count). The number of hydrogen-bond acceptors (Lipinski definition) is 5. The van der Waals surface area contributed by atoms with Gasteiger partial charge >= 0.3 is 5.97 Å². The number of carbonyl (C=O) groups excluding carboxylic acids is 1. The number of hydrogen-bond donors (Lipinski definition) is 1. The van der Waals surface area contributed by atoms with Crippen LogP contribution in [-0.4, -0.2) is 30.9 Å². The van der Waals surface area contributed by atoms with Gasteiger partial charge in [-0.05, 0) is 114 Å². The van der Waals surface area contributed by atoms with E-state index in [1.165, 1.54) is 22.8 Å². The zero-order valence-corrected chi connectivity index (χ0v) is 24.6. The van der Waals surface area contributed by atoms with Gasteiger partial charge < -0.3 is 19.3 Å². The summed E-state index contributed by atoms with van der Waals surface area (Å²) in [7, 11) is 0. The van der Waals surface area contributed by atoms with Gasteiger partial charge in [0.05, 0.1) is 19.3 Å². The highest BCUT2D eigenvalue weighted by molar-refractivity contribution is 6.02. The monoisotopic (exact) mass is 560 g/mol. The van der Waals surface area contributed by atoms with Crippen LogP contribution >= 0.6 is 0 Å². The lowest BCUT2D eigenvalue weighted by Gasteiger charge is -2.18. The Morgan fingerprint density at radius 3 is 2.26 bits per heavy atom. The minimum atomic E-state index is -0.402. The molecule has 42 heavy (non-hydrogen) atoms. The van der Waals surface area contributed by atoms with E-state index in [0.29, 0.717) is 26.2 Å². The second-order valence-electron chi connectivity index (χ2n) is 10.4. The fourth-order valence-corrected chi connectivity index (χ4v) is 5.56. The summed E-state index contributed by atoms with van der Waals surface area (Å²) in [6.07, 6.45) is 1.98. The first-order valence-corrected chi connectivity index (χ1v) is 14.4. The molecule has 0 aliphatic heterocycles. The van der Waals surface area contributed by atoms with Gasteiger partial charge in [0.2, 0.25) is 0 Å². The van der Waals surface area contributed by atoms with E-state index in [-0.39, 0.29) is 6.61 Å². The highest BCUT2D eigenvalue weighted by Gasteiger charge is 2.23. The van der Waals surface area contributed by atoms with Crippen molar-refractivity contribution in [3.05, 3.63) is 118 Å². The Morgan fingerprint density at radius 1 is 0.810 bits per heavy atom. The minimum Gasteiger partial charge on any atom is -0.493 e. The van der Waals surface area contributed by atoms with Crippen molar-refractivity contribution in [2.75, 3.05) is 19.8 Å². The largest absolute Gasteiger partial charge is 0.493 e. The standard InChI is InChI=1S/C37H36O5/c1-5-40-36(39)17-16-33-31-11-6-7-12-32(31)35-22-28(14-15-34(33)35)42-23-27-10-8-13-30(26(27)4)37-24(2)20-29(21-25(37)3)41-19-9-18-38/h6-8,10-15,17,20-22,38H,5,9,18-19,23H2,1-4H3. The van der Waals surface area contributed by atoms with E-state index in [9.17, 15) is 4.79 Å². The molecular formula is C37H36O5. The molecule has 0 unspecified atom stereocenters. The molecule has 0 saturated heterocycles. The van der Waals surface area contributed by atoms with Crippen LogP contribution in [0.3, 0.4) is 0 Å². The van der Waals surface area contributed by atoms with E-state index in [2.05, 4.69) is 69.0 Å². The van der Waals surface area contributed by atoms with Crippen molar-refractivity contribution in [2.45, 2.75) is 40.7 Å². The molecule has 5 heteroatoms. The Morgan fingerprint density at radius 2 is 1.52 bits per heavy atom. The first-order valence-electron chi connectivity index (χ1n) is 14.4. The van der Waals surface area contributed by atoms with Gasteiger partial charge in [0.15, 0.2) is 0 Å². The molecule has 1 N–H and O–H groups in total. The number of aliphatic hydroxyl groups is 1. The Kier molecular flexibility index (Phi) is 8.92. The van der Waals surface area contributed by atoms with Crippen molar-refractivity contribution in [2.24, 2.45) is 0 Å². The molecule has 0 heterocycles. The van der Waals surface area contributed by atoms with Gasteiger partial charge in [-0.3, -0.25) is 0 Å². The van der Waals surface area contributed by atoms with Crippen molar-refractivity contribution in [1.82, 2.24) is 0 Å². The summed E-state index contributed by atoms with van der Waals surface area (Å²) in [5, 5.41) is 9.05. The van der Waals surface area contributed by atoms with Crippen LogP contribution in [-0.2, 0) is 16.1 Å². The minimum absolute atomic E-state index is 0.120.